The number of carboxylic acid groups (broad SMARTS) is 1. The van der Waals surface area contributed by atoms with Crippen molar-refractivity contribution >= 4 is 21.8 Å². The Hall–Kier alpha value is -2.68. The predicted octanol–water partition coefficient (Wildman–Crippen LogP) is 7.08. The number of rotatable bonds is 18. The minimum absolute atomic E-state index is 0.224. The van der Waals surface area contributed by atoms with E-state index in [1.165, 1.54) is 31.4 Å². The van der Waals surface area contributed by atoms with Crippen molar-refractivity contribution in [1.29, 1.82) is 0 Å². The van der Waals surface area contributed by atoms with Gasteiger partial charge in [0.25, 0.3) is 15.7 Å². The monoisotopic (exact) mass is 494 g/mol. The summed E-state index contributed by atoms with van der Waals surface area (Å²) in [6.07, 6.45) is 19.3. The molecule has 1 N–H and O–H groups in total. The van der Waals surface area contributed by atoms with Gasteiger partial charge in [0.1, 0.15) is 0 Å². The van der Waals surface area contributed by atoms with Gasteiger partial charge in [-0.15, -0.1) is 0 Å². The molecule has 8 nitrogen and oxygen atoms in total. The van der Waals surface area contributed by atoms with Gasteiger partial charge in [0.15, 0.2) is 4.90 Å². The zero-order valence-corrected chi connectivity index (χ0v) is 20.9. The molecular weight excluding hydrogens is 456 g/mol. The highest BCUT2D eigenvalue weighted by atomic mass is 32.2. The molecule has 0 spiro atoms. The Labute approximate surface area is 203 Å². The number of nitro groups is 1. The third-order valence-corrected chi connectivity index (χ3v) is 7.23. The molecule has 0 aliphatic carbocycles. The van der Waals surface area contributed by atoms with Crippen LogP contribution in [0.3, 0.4) is 0 Å². The fraction of sp³-hybridized carbons (Fsp3) is 0.560. The van der Waals surface area contributed by atoms with Gasteiger partial charge in [0.05, 0.1) is 4.92 Å². The van der Waals surface area contributed by atoms with Crippen LogP contribution in [-0.4, -0.2) is 35.4 Å². The normalized spacial score (nSPS) is 11.9. The second-order valence-corrected chi connectivity index (χ2v) is 10.00. The van der Waals surface area contributed by atoms with Crippen LogP contribution in [-0.2, 0) is 10.0 Å². The number of hydrogen-bond donors (Lipinski definition) is 1. The number of nitro benzene ring substituents is 1. The summed E-state index contributed by atoms with van der Waals surface area (Å²) in [5.41, 5.74) is -0.634. The summed E-state index contributed by atoms with van der Waals surface area (Å²) < 4.78 is 25.7. The van der Waals surface area contributed by atoms with Crippen molar-refractivity contribution in [3.8, 4) is 0 Å². The van der Waals surface area contributed by atoms with Gasteiger partial charge in [-0.2, -0.15) is 0 Å². The molecule has 0 saturated carbocycles. The molecule has 1 aromatic carbocycles. The molecule has 190 valence electrons. The summed E-state index contributed by atoms with van der Waals surface area (Å²) in [5.74, 6) is 0. The van der Waals surface area contributed by atoms with E-state index in [9.17, 15) is 28.4 Å². The minimum atomic E-state index is -4.52. The first-order valence-electron chi connectivity index (χ1n) is 12.1. The van der Waals surface area contributed by atoms with Crippen LogP contribution in [0, 0.1) is 10.1 Å². The Bertz CT molecular complexity index is 912. The third-order valence-electron chi connectivity index (χ3n) is 5.41. The number of para-hydroxylation sites is 1. The Balaban J connectivity index is 2.30. The standard InChI is InChI=1S/C25H38N2O6S/c1-2-3-4-5-6-7-8-9-10-11-12-13-14-15-16-19-22-26(25(28)29)34(32,33)24-21-18-17-20-23(24)27(30)31/h6-7,9-10,17-18,20-21H,2-5,8,11-16,19,22H2,1H3,(H,28,29)/b7-6-,10-9-. The maximum absolute atomic E-state index is 12.7. The molecule has 0 saturated heterocycles. The second-order valence-electron chi connectivity index (χ2n) is 8.17. The van der Waals surface area contributed by atoms with Crippen molar-refractivity contribution in [1.82, 2.24) is 4.31 Å². The lowest BCUT2D eigenvalue weighted by atomic mass is 10.1. The van der Waals surface area contributed by atoms with E-state index < -0.39 is 31.6 Å². The van der Waals surface area contributed by atoms with Crippen LogP contribution >= 0.6 is 0 Å². The van der Waals surface area contributed by atoms with E-state index >= 15 is 0 Å². The molecule has 0 unspecified atom stereocenters. The van der Waals surface area contributed by atoms with Crippen molar-refractivity contribution in [2.75, 3.05) is 6.54 Å². The van der Waals surface area contributed by atoms with Gasteiger partial charge in [-0.3, -0.25) is 10.1 Å². The van der Waals surface area contributed by atoms with E-state index in [0.29, 0.717) is 17.1 Å². The average molecular weight is 495 g/mol. The Morgan fingerprint density at radius 1 is 0.941 bits per heavy atom. The van der Waals surface area contributed by atoms with Crippen LogP contribution in [0.5, 0.6) is 0 Å². The summed E-state index contributed by atoms with van der Waals surface area (Å²) in [6.45, 7) is 1.98. The van der Waals surface area contributed by atoms with E-state index in [0.717, 1.165) is 57.1 Å². The number of hydrogen-bond acceptors (Lipinski definition) is 5. The lowest BCUT2D eigenvalue weighted by Gasteiger charge is -2.19. The number of amides is 1. The SMILES string of the molecule is CCCCC/C=C\C/C=C\CCCCCCCCN(C(=O)O)S(=O)(=O)c1ccccc1[N+](=O)[O-]. The topological polar surface area (TPSA) is 118 Å². The summed E-state index contributed by atoms with van der Waals surface area (Å²) in [7, 11) is -4.52. The summed E-state index contributed by atoms with van der Waals surface area (Å²) >= 11 is 0. The van der Waals surface area contributed by atoms with Gasteiger partial charge in [0, 0.05) is 12.6 Å². The van der Waals surface area contributed by atoms with Crippen molar-refractivity contribution in [2.45, 2.75) is 88.9 Å². The smallest absolute Gasteiger partial charge is 0.421 e. The van der Waals surface area contributed by atoms with Crippen LogP contribution in [0.1, 0.15) is 84.0 Å². The molecule has 0 aliphatic heterocycles. The van der Waals surface area contributed by atoms with Gasteiger partial charge in [-0.25, -0.2) is 17.5 Å². The Morgan fingerprint density at radius 3 is 2.09 bits per heavy atom. The highest BCUT2D eigenvalue weighted by Crippen LogP contribution is 2.26. The van der Waals surface area contributed by atoms with Crippen LogP contribution < -0.4 is 0 Å². The fourth-order valence-electron chi connectivity index (χ4n) is 3.51. The molecule has 1 aromatic rings. The summed E-state index contributed by atoms with van der Waals surface area (Å²) in [6, 6.07) is 4.78. The Kier molecular flexibility index (Phi) is 14.6. The van der Waals surface area contributed by atoms with Crippen molar-refractivity contribution < 1.29 is 23.2 Å². The average Bonchev–Trinajstić information content (AvgIpc) is 2.80. The number of unbranched alkanes of at least 4 members (excludes halogenated alkanes) is 9. The first kappa shape index (κ1) is 29.4. The van der Waals surface area contributed by atoms with Gasteiger partial charge in [-0.05, 0) is 44.6 Å². The Morgan fingerprint density at radius 2 is 1.50 bits per heavy atom. The van der Waals surface area contributed by atoms with Crippen molar-refractivity contribution in [3.63, 3.8) is 0 Å². The zero-order chi connectivity index (χ0) is 25.2. The first-order valence-corrected chi connectivity index (χ1v) is 13.6. The van der Waals surface area contributed by atoms with E-state index in [1.54, 1.807) is 0 Å². The van der Waals surface area contributed by atoms with E-state index in [1.807, 2.05) is 0 Å². The maximum Gasteiger partial charge on any atom is 0.421 e. The number of benzene rings is 1. The molecular formula is C25H38N2O6S. The fourth-order valence-corrected chi connectivity index (χ4v) is 4.98. The highest BCUT2D eigenvalue weighted by molar-refractivity contribution is 7.89. The number of allylic oxidation sites excluding steroid dienone is 4. The van der Waals surface area contributed by atoms with Crippen molar-refractivity contribution in [2.24, 2.45) is 0 Å². The lowest BCUT2D eigenvalue weighted by Crippen LogP contribution is -2.36. The molecule has 0 fully saturated rings. The van der Waals surface area contributed by atoms with Crippen LogP contribution in [0.25, 0.3) is 0 Å². The van der Waals surface area contributed by atoms with Crippen molar-refractivity contribution in [3.05, 3.63) is 58.7 Å². The van der Waals surface area contributed by atoms with Crippen LogP contribution in [0.2, 0.25) is 0 Å². The van der Waals surface area contributed by atoms with Gasteiger partial charge in [-0.1, -0.05) is 81.9 Å². The molecule has 0 radical (unpaired) electrons. The quantitative estimate of drug-likeness (QED) is 0.101. The van der Waals surface area contributed by atoms with Gasteiger partial charge in [0.2, 0.25) is 0 Å². The largest absolute Gasteiger partial charge is 0.464 e. The van der Waals surface area contributed by atoms with E-state index in [4.69, 9.17) is 0 Å². The molecule has 34 heavy (non-hydrogen) atoms. The van der Waals surface area contributed by atoms with Gasteiger partial charge < -0.3 is 5.11 Å². The third kappa shape index (κ3) is 11.0. The number of carbonyl (C=O) groups is 1. The second kappa shape index (κ2) is 16.9. The number of sulfonamides is 1. The highest BCUT2D eigenvalue weighted by Gasteiger charge is 2.34. The zero-order valence-electron chi connectivity index (χ0n) is 20.1. The molecule has 0 aliphatic rings. The molecule has 0 heterocycles. The number of nitrogens with zero attached hydrogens (tertiary/aromatic N) is 2. The van der Waals surface area contributed by atoms with Crippen LogP contribution in [0.15, 0.2) is 53.5 Å². The molecule has 0 atom stereocenters. The molecule has 0 aromatic heterocycles. The molecule has 1 amide bonds. The first-order chi connectivity index (χ1) is 16.3. The molecule has 9 heteroatoms. The van der Waals surface area contributed by atoms with E-state index in [-0.39, 0.29) is 6.54 Å². The maximum atomic E-state index is 12.7. The lowest BCUT2D eigenvalue weighted by molar-refractivity contribution is -0.387. The summed E-state index contributed by atoms with van der Waals surface area (Å²) in [5, 5.41) is 20.5. The summed E-state index contributed by atoms with van der Waals surface area (Å²) in [4.78, 5) is 21.3. The minimum Gasteiger partial charge on any atom is -0.464 e. The van der Waals surface area contributed by atoms with Crippen LogP contribution in [0.4, 0.5) is 10.5 Å². The molecule has 0 bridgehead atoms. The van der Waals surface area contributed by atoms with E-state index in [2.05, 4.69) is 31.2 Å². The predicted molar refractivity (Wildman–Crippen MR) is 134 cm³/mol. The van der Waals surface area contributed by atoms with Gasteiger partial charge >= 0.3 is 6.09 Å². The molecule has 1 rings (SSSR count).